The molecule has 2 nitrogen and oxygen atoms in total. The quantitative estimate of drug-likeness (QED) is 0.605. The van der Waals surface area contributed by atoms with Crippen LogP contribution in [0.3, 0.4) is 0 Å². The van der Waals surface area contributed by atoms with Crippen molar-refractivity contribution in [3.05, 3.63) is 0 Å². The Morgan fingerprint density at radius 1 is 1.50 bits per heavy atom. The molecule has 1 fully saturated rings. The average molecular weight is 200 g/mol. The van der Waals surface area contributed by atoms with Crippen LogP contribution in [-0.4, -0.2) is 23.3 Å². The van der Waals surface area contributed by atoms with Gasteiger partial charge in [0.25, 0.3) is 0 Å². The van der Waals surface area contributed by atoms with E-state index in [9.17, 15) is 18.0 Å². The summed E-state index contributed by atoms with van der Waals surface area (Å²) in [4.78, 5) is 10.3. The second-order valence-corrected chi connectivity index (χ2v) is 3.61. The summed E-state index contributed by atoms with van der Waals surface area (Å²) in [6.45, 7) is 0. The van der Waals surface area contributed by atoms with Crippen LogP contribution in [0.15, 0.2) is 0 Å². The standard InChI is InChI=1S/C6H7F3O2S/c7-6(8,9)5(10)11-4-2-1-3-12-4/h4H,1-3H2. The van der Waals surface area contributed by atoms with Crippen molar-refractivity contribution >= 4 is 17.7 Å². The number of hydrogen-bond donors (Lipinski definition) is 0. The second kappa shape index (κ2) is 3.55. The SMILES string of the molecule is O=C(OC1CCCS1)C(F)(F)F. The third-order valence-corrected chi connectivity index (χ3v) is 2.59. The van der Waals surface area contributed by atoms with Crippen LogP contribution in [0.1, 0.15) is 12.8 Å². The van der Waals surface area contributed by atoms with Crippen LogP contribution in [0.5, 0.6) is 0 Å². The Kier molecular flexibility index (Phi) is 2.87. The van der Waals surface area contributed by atoms with Gasteiger partial charge in [-0.05, 0) is 18.6 Å². The molecule has 1 rings (SSSR count). The van der Waals surface area contributed by atoms with Crippen LogP contribution in [-0.2, 0) is 9.53 Å². The van der Waals surface area contributed by atoms with E-state index in [-0.39, 0.29) is 0 Å². The third-order valence-electron chi connectivity index (χ3n) is 1.36. The minimum absolute atomic E-state index is 0.520. The summed E-state index contributed by atoms with van der Waals surface area (Å²) in [6, 6.07) is 0. The molecule has 70 valence electrons. The Bertz CT molecular complexity index is 174. The van der Waals surface area contributed by atoms with Crippen LogP contribution in [0.25, 0.3) is 0 Å². The molecule has 0 saturated carbocycles. The Balaban J connectivity index is 2.35. The first-order chi connectivity index (χ1) is 5.50. The van der Waals surface area contributed by atoms with Crippen LogP contribution in [0, 0.1) is 0 Å². The molecule has 1 aliphatic rings. The minimum atomic E-state index is -4.86. The van der Waals surface area contributed by atoms with Gasteiger partial charge in [0.1, 0.15) is 5.44 Å². The van der Waals surface area contributed by atoms with Gasteiger partial charge in [-0.25, -0.2) is 4.79 Å². The third kappa shape index (κ3) is 2.58. The van der Waals surface area contributed by atoms with E-state index in [0.717, 1.165) is 12.2 Å². The molecule has 1 heterocycles. The Hall–Kier alpha value is -0.390. The summed E-state index contributed by atoms with van der Waals surface area (Å²) < 4.78 is 39.0. The van der Waals surface area contributed by atoms with Crippen molar-refractivity contribution in [2.75, 3.05) is 5.75 Å². The summed E-state index contributed by atoms with van der Waals surface area (Å²) in [5.41, 5.74) is -0.598. The van der Waals surface area contributed by atoms with Crippen LogP contribution in [0.4, 0.5) is 13.2 Å². The van der Waals surface area contributed by atoms with Gasteiger partial charge in [-0.2, -0.15) is 13.2 Å². The van der Waals surface area contributed by atoms with Crippen LogP contribution < -0.4 is 0 Å². The van der Waals surface area contributed by atoms with Gasteiger partial charge < -0.3 is 4.74 Å². The van der Waals surface area contributed by atoms with Crippen molar-refractivity contribution in [1.82, 2.24) is 0 Å². The van der Waals surface area contributed by atoms with E-state index in [4.69, 9.17) is 0 Å². The minimum Gasteiger partial charge on any atom is -0.445 e. The summed E-state index contributed by atoms with van der Waals surface area (Å²) in [7, 11) is 0. The fourth-order valence-corrected chi connectivity index (χ4v) is 1.91. The number of ether oxygens (including phenoxy) is 1. The molecule has 0 spiro atoms. The highest BCUT2D eigenvalue weighted by Crippen LogP contribution is 2.29. The zero-order valence-corrected chi connectivity index (χ0v) is 6.87. The van der Waals surface area contributed by atoms with E-state index >= 15 is 0 Å². The Morgan fingerprint density at radius 3 is 2.58 bits per heavy atom. The van der Waals surface area contributed by atoms with Crippen LogP contribution in [0.2, 0.25) is 0 Å². The van der Waals surface area contributed by atoms with Crippen molar-refractivity contribution in [3.8, 4) is 0 Å². The average Bonchev–Trinajstić information content (AvgIpc) is 2.37. The normalized spacial score (nSPS) is 24.1. The number of carbonyl (C=O) groups excluding carboxylic acids is 1. The number of esters is 1. The van der Waals surface area contributed by atoms with Crippen molar-refractivity contribution in [2.45, 2.75) is 24.5 Å². The molecule has 0 aliphatic carbocycles. The zero-order valence-electron chi connectivity index (χ0n) is 6.06. The smallest absolute Gasteiger partial charge is 0.445 e. The first kappa shape index (κ1) is 9.70. The van der Waals surface area contributed by atoms with E-state index in [1.165, 1.54) is 11.8 Å². The van der Waals surface area contributed by atoms with E-state index in [0.29, 0.717) is 6.42 Å². The first-order valence-corrected chi connectivity index (χ1v) is 4.44. The molecule has 1 unspecified atom stereocenters. The molecule has 0 aromatic rings. The molecule has 0 amide bonds. The molecule has 0 radical (unpaired) electrons. The fourth-order valence-electron chi connectivity index (χ4n) is 0.827. The molecule has 12 heavy (non-hydrogen) atoms. The lowest BCUT2D eigenvalue weighted by atomic mass is 10.4. The number of thioether (sulfide) groups is 1. The van der Waals surface area contributed by atoms with Gasteiger partial charge in [0.15, 0.2) is 0 Å². The highest BCUT2D eigenvalue weighted by molar-refractivity contribution is 8.00. The largest absolute Gasteiger partial charge is 0.490 e. The zero-order chi connectivity index (χ0) is 9.19. The van der Waals surface area contributed by atoms with E-state index in [1.54, 1.807) is 0 Å². The van der Waals surface area contributed by atoms with Gasteiger partial charge in [-0.15, -0.1) is 11.8 Å². The molecular weight excluding hydrogens is 193 g/mol. The summed E-state index contributed by atoms with van der Waals surface area (Å²) >= 11 is 1.24. The number of alkyl halides is 3. The first-order valence-electron chi connectivity index (χ1n) is 3.39. The summed E-state index contributed by atoms with van der Waals surface area (Å²) in [6.07, 6.45) is -3.53. The van der Waals surface area contributed by atoms with Gasteiger partial charge in [0.2, 0.25) is 0 Å². The van der Waals surface area contributed by atoms with Crippen molar-refractivity contribution in [3.63, 3.8) is 0 Å². The molecule has 6 heteroatoms. The van der Waals surface area contributed by atoms with E-state index in [1.807, 2.05) is 0 Å². The molecule has 0 bridgehead atoms. The maximum Gasteiger partial charge on any atom is 0.490 e. The highest BCUT2D eigenvalue weighted by atomic mass is 32.2. The lowest BCUT2D eigenvalue weighted by Gasteiger charge is -2.11. The molecular formula is C6H7F3O2S. The lowest BCUT2D eigenvalue weighted by molar-refractivity contribution is -0.201. The number of hydrogen-bond acceptors (Lipinski definition) is 3. The molecule has 0 aromatic carbocycles. The second-order valence-electron chi connectivity index (χ2n) is 2.35. The maximum absolute atomic E-state index is 11.6. The van der Waals surface area contributed by atoms with Gasteiger partial charge >= 0.3 is 12.1 Å². The van der Waals surface area contributed by atoms with Crippen LogP contribution >= 0.6 is 11.8 Å². The summed E-state index contributed by atoms with van der Waals surface area (Å²) in [5.74, 6) is -1.32. The highest BCUT2D eigenvalue weighted by Gasteiger charge is 2.42. The van der Waals surface area contributed by atoms with Gasteiger partial charge in [0, 0.05) is 0 Å². The number of halogens is 3. The molecule has 1 aliphatic heterocycles. The molecule has 0 N–H and O–H groups in total. The van der Waals surface area contributed by atoms with Gasteiger partial charge in [0.05, 0.1) is 0 Å². The Labute approximate surface area is 71.5 Å². The monoisotopic (exact) mass is 200 g/mol. The van der Waals surface area contributed by atoms with E-state index in [2.05, 4.69) is 4.74 Å². The number of rotatable bonds is 1. The van der Waals surface area contributed by atoms with Gasteiger partial charge in [-0.3, -0.25) is 0 Å². The predicted molar refractivity (Wildman–Crippen MR) is 37.6 cm³/mol. The molecule has 1 atom stereocenters. The van der Waals surface area contributed by atoms with Crippen molar-refractivity contribution < 1.29 is 22.7 Å². The lowest BCUT2D eigenvalue weighted by Crippen LogP contribution is -2.28. The fraction of sp³-hybridized carbons (Fsp3) is 0.833. The maximum atomic E-state index is 11.6. The Morgan fingerprint density at radius 2 is 2.17 bits per heavy atom. The van der Waals surface area contributed by atoms with Crippen molar-refractivity contribution in [2.24, 2.45) is 0 Å². The van der Waals surface area contributed by atoms with Crippen molar-refractivity contribution in [1.29, 1.82) is 0 Å². The summed E-state index contributed by atoms with van der Waals surface area (Å²) in [5, 5.41) is 0. The van der Waals surface area contributed by atoms with E-state index < -0.39 is 17.6 Å². The van der Waals surface area contributed by atoms with Gasteiger partial charge in [-0.1, -0.05) is 0 Å². The molecule has 1 saturated heterocycles. The predicted octanol–water partition coefficient (Wildman–Crippen LogP) is 1.95. The topological polar surface area (TPSA) is 26.3 Å². The number of carbonyl (C=O) groups is 1. The molecule has 0 aromatic heterocycles.